The Bertz CT molecular complexity index is 956. The first-order valence-corrected chi connectivity index (χ1v) is 14.6. The van der Waals surface area contributed by atoms with Crippen LogP contribution in [-0.4, -0.2) is 24.7 Å². The molecule has 0 unspecified atom stereocenters. The summed E-state index contributed by atoms with van der Waals surface area (Å²) in [5.41, 5.74) is 2.24. The molecule has 0 fully saturated rings. The molecule has 1 aromatic heterocycles. The van der Waals surface area contributed by atoms with Gasteiger partial charge >= 0.3 is 0 Å². The maximum Gasteiger partial charge on any atom is 0.261 e. The molecule has 1 heterocycles. The average Bonchev–Trinajstić information content (AvgIpc) is 3.16. The van der Waals surface area contributed by atoms with Gasteiger partial charge in [-0.25, -0.2) is 4.98 Å². The highest BCUT2D eigenvalue weighted by molar-refractivity contribution is 9.09. The highest BCUT2D eigenvalue weighted by Crippen LogP contribution is 2.38. The van der Waals surface area contributed by atoms with Crippen LogP contribution in [0.4, 0.5) is 0 Å². The summed E-state index contributed by atoms with van der Waals surface area (Å²) in [7, 11) is -2.60. The molecule has 164 valence electrons. The molecular weight excluding hydrogens is 482 g/mol. The fraction of sp³-hybridized carbons (Fsp3) is 0.346. The fourth-order valence-electron chi connectivity index (χ4n) is 4.16. The van der Waals surface area contributed by atoms with E-state index < -0.39 is 8.32 Å². The monoisotopic (exact) mass is 513 g/mol. The van der Waals surface area contributed by atoms with E-state index >= 15 is 0 Å². The van der Waals surface area contributed by atoms with Crippen LogP contribution in [-0.2, 0) is 4.43 Å². The molecule has 2 aromatic carbocycles. The van der Waals surface area contributed by atoms with Gasteiger partial charge in [0.15, 0.2) is 0 Å². The molecule has 0 aliphatic heterocycles. The van der Waals surface area contributed by atoms with Crippen LogP contribution in [0.15, 0.2) is 71.6 Å². The number of hydrogen-bond acceptors (Lipinski definition) is 3. The minimum Gasteiger partial charge on any atom is -0.401 e. The Labute approximate surface area is 200 Å². The van der Waals surface area contributed by atoms with Crippen molar-refractivity contribution in [2.75, 3.05) is 5.33 Å². The Kier molecular flexibility index (Phi) is 8.08. The molecule has 31 heavy (non-hydrogen) atoms. The number of aromatic nitrogens is 1. The topological polar surface area (TPSA) is 22.1 Å². The molecule has 3 rings (SSSR count). The van der Waals surface area contributed by atoms with Crippen molar-refractivity contribution in [3.63, 3.8) is 0 Å². The smallest absolute Gasteiger partial charge is 0.261 e. The molecule has 5 heteroatoms. The Morgan fingerprint density at radius 3 is 2.03 bits per heavy atom. The van der Waals surface area contributed by atoms with Gasteiger partial charge in [-0.3, -0.25) is 0 Å². The quantitative estimate of drug-likeness (QED) is 0.250. The number of aryl methyl sites for hydroxylation is 1. The predicted molar refractivity (Wildman–Crippen MR) is 141 cm³/mol. The number of thiazole rings is 1. The summed E-state index contributed by atoms with van der Waals surface area (Å²) in [5.74, 6) is 0. The van der Waals surface area contributed by atoms with E-state index in [1.807, 2.05) is 6.92 Å². The summed E-state index contributed by atoms with van der Waals surface area (Å²) in [6.45, 7) is 11.2. The van der Waals surface area contributed by atoms with Gasteiger partial charge in [0.05, 0.1) is 16.8 Å². The van der Waals surface area contributed by atoms with Crippen LogP contribution in [0, 0.1) is 6.92 Å². The number of alkyl halides is 1. The van der Waals surface area contributed by atoms with E-state index in [0.717, 1.165) is 22.5 Å². The molecule has 0 N–H and O–H groups in total. The van der Waals surface area contributed by atoms with Crippen LogP contribution in [0.2, 0.25) is 5.04 Å². The van der Waals surface area contributed by atoms with Crippen molar-refractivity contribution in [3.05, 3.63) is 82.3 Å². The molecule has 0 saturated carbocycles. The highest BCUT2D eigenvalue weighted by Gasteiger charge is 2.51. The van der Waals surface area contributed by atoms with E-state index in [9.17, 15) is 0 Å². The van der Waals surface area contributed by atoms with Crippen LogP contribution < -0.4 is 10.4 Å². The SMILES string of the molecule is CC(=Cc1csc(C)n1)[C@H](CCBr)O[Si](c1ccccc1)(c1ccccc1)C(C)(C)C. The van der Waals surface area contributed by atoms with E-state index in [1.165, 1.54) is 15.9 Å². The lowest BCUT2D eigenvalue weighted by atomic mass is 10.1. The summed E-state index contributed by atoms with van der Waals surface area (Å²) >= 11 is 5.36. The normalized spacial score (nSPS) is 13.9. The molecule has 0 aliphatic rings. The Hall–Kier alpha value is -1.53. The van der Waals surface area contributed by atoms with Crippen molar-refractivity contribution in [3.8, 4) is 0 Å². The van der Waals surface area contributed by atoms with Crippen molar-refractivity contribution >= 4 is 52.0 Å². The first-order valence-electron chi connectivity index (χ1n) is 10.7. The third-order valence-corrected chi connectivity index (χ3v) is 11.9. The average molecular weight is 515 g/mol. The van der Waals surface area contributed by atoms with Crippen molar-refractivity contribution < 1.29 is 4.43 Å². The molecule has 0 aliphatic carbocycles. The van der Waals surface area contributed by atoms with Crippen molar-refractivity contribution in [1.82, 2.24) is 4.98 Å². The maximum absolute atomic E-state index is 7.37. The lowest BCUT2D eigenvalue weighted by Crippen LogP contribution is -2.67. The van der Waals surface area contributed by atoms with Crippen LogP contribution >= 0.6 is 27.3 Å². The third-order valence-electron chi connectivity index (χ3n) is 5.63. The molecule has 3 aromatic rings. The van der Waals surface area contributed by atoms with E-state index in [0.29, 0.717) is 0 Å². The van der Waals surface area contributed by atoms with Gasteiger partial charge in [0.2, 0.25) is 0 Å². The van der Waals surface area contributed by atoms with Crippen LogP contribution in [0.25, 0.3) is 6.08 Å². The van der Waals surface area contributed by atoms with Gasteiger partial charge in [0.25, 0.3) is 8.32 Å². The molecule has 0 saturated heterocycles. The molecule has 0 spiro atoms. The third kappa shape index (κ3) is 5.45. The molecule has 0 bridgehead atoms. The molecule has 1 atom stereocenters. The summed E-state index contributed by atoms with van der Waals surface area (Å²) < 4.78 is 7.37. The van der Waals surface area contributed by atoms with Crippen LogP contribution in [0.3, 0.4) is 0 Å². The minimum atomic E-state index is -2.60. The van der Waals surface area contributed by atoms with Gasteiger partial charge < -0.3 is 4.43 Å². The van der Waals surface area contributed by atoms with Gasteiger partial charge in [-0.2, -0.15) is 0 Å². The Morgan fingerprint density at radius 1 is 1.06 bits per heavy atom. The Balaban J connectivity index is 2.15. The zero-order chi connectivity index (χ0) is 22.5. The summed E-state index contributed by atoms with van der Waals surface area (Å²) in [6.07, 6.45) is 3.11. The number of rotatable bonds is 8. The minimum absolute atomic E-state index is 0.00712. The molecule has 2 nitrogen and oxygen atoms in total. The Morgan fingerprint density at radius 2 is 1.61 bits per heavy atom. The fourth-order valence-corrected chi connectivity index (χ4v) is 9.89. The largest absolute Gasteiger partial charge is 0.401 e. The predicted octanol–water partition coefficient (Wildman–Crippen LogP) is 6.59. The van der Waals surface area contributed by atoms with Crippen molar-refractivity contribution in [2.45, 2.75) is 52.2 Å². The maximum atomic E-state index is 7.37. The molecule has 0 amide bonds. The first-order chi connectivity index (χ1) is 14.8. The summed E-state index contributed by atoms with van der Waals surface area (Å²) in [4.78, 5) is 4.64. The number of benzene rings is 2. The lowest BCUT2D eigenvalue weighted by Gasteiger charge is -2.45. The van der Waals surface area contributed by atoms with E-state index in [4.69, 9.17) is 4.43 Å². The molecular formula is C26H32BrNOSSi. The second-order valence-electron chi connectivity index (χ2n) is 8.93. The summed E-state index contributed by atoms with van der Waals surface area (Å²) in [5, 5.41) is 6.67. The van der Waals surface area contributed by atoms with E-state index in [2.05, 4.69) is 121 Å². The summed E-state index contributed by atoms with van der Waals surface area (Å²) in [6, 6.07) is 21.7. The van der Waals surface area contributed by atoms with E-state index in [1.54, 1.807) is 11.3 Å². The van der Waals surface area contributed by atoms with Gasteiger partial charge in [-0.15, -0.1) is 11.3 Å². The highest BCUT2D eigenvalue weighted by atomic mass is 79.9. The van der Waals surface area contributed by atoms with Gasteiger partial charge in [-0.1, -0.05) is 97.4 Å². The van der Waals surface area contributed by atoms with E-state index in [-0.39, 0.29) is 11.1 Å². The number of hydrogen-bond donors (Lipinski definition) is 0. The molecule has 0 radical (unpaired) electrons. The second-order valence-corrected chi connectivity index (χ2v) is 15.0. The first kappa shape index (κ1) is 24.1. The van der Waals surface area contributed by atoms with Crippen LogP contribution in [0.5, 0.6) is 0 Å². The van der Waals surface area contributed by atoms with Gasteiger partial charge in [0, 0.05) is 10.7 Å². The standard InChI is InChI=1S/C26H32BrNOSSi/c1-20(18-22-19-30-21(2)28-22)25(16-17-27)29-31(26(3,4)5,23-12-8-6-9-13-23)24-14-10-7-11-15-24/h6-15,18-19,25H,16-17H2,1-5H3/t25-/m0/s1. The van der Waals surface area contributed by atoms with Crippen molar-refractivity contribution in [2.24, 2.45) is 0 Å². The van der Waals surface area contributed by atoms with Crippen LogP contribution in [0.1, 0.15) is 44.8 Å². The lowest BCUT2D eigenvalue weighted by molar-refractivity contribution is 0.220. The second kappa shape index (κ2) is 10.4. The zero-order valence-corrected chi connectivity index (χ0v) is 22.5. The van der Waals surface area contributed by atoms with Gasteiger partial charge in [0.1, 0.15) is 0 Å². The van der Waals surface area contributed by atoms with Gasteiger partial charge in [-0.05, 0) is 47.3 Å². The number of halogens is 1. The van der Waals surface area contributed by atoms with Crippen molar-refractivity contribution in [1.29, 1.82) is 0 Å². The zero-order valence-electron chi connectivity index (χ0n) is 19.1. The number of nitrogens with zero attached hydrogens (tertiary/aromatic N) is 1.